The van der Waals surface area contributed by atoms with Crippen molar-refractivity contribution in [3.05, 3.63) is 27.2 Å². The lowest BCUT2D eigenvalue weighted by Gasteiger charge is -2.17. The number of carboxylic acid groups (broad SMARTS) is 1. The van der Waals surface area contributed by atoms with E-state index in [1.165, 1.54) is 0 Å². The first-order valence-corrected chi connectivity index (χ1v) is 7.63. The minimum absolute atomic E-state index is 0.159. The number of aryl methyl sites for hydroxylation is 1. The molecular formula is C14H18BrClN2O3. The Bertz CT molecular complexity index is 549. The Morgan fingerprint density at radius 2 is 2.00 bits per heavy atom. The SMILES string of the molecule is Cc1cc(Br)c(NC(=O)NC(CC(C)C)C(=O)O)cc1Cl. The van der Waals surface area contributed by atoms with Gasteiger partial charge in [-0.25, -0.2) is 9.59 Å². The van der Waals surface area contributed by atoms with E-state index in [0.29, 0.717) is 21.6 Å². The van der Waals surface area contributed by atoms with Crippen LogP contribution < -0.4 is 10.6 Å². The number of carbonyl (C=O) groups excluding carboxylic acids is 1. The fourth-order valence-corrected chi connectivity index (χ4v) is 2.47. The van der Waals surface area contributed by atoms with Crippen LogP contribution in [0.1, 0.15) is 25.8 Å². The molecule has 0 aliphatic heterocycles. The molecule has 116 valence electrons. The number of carboxylic acids is 1. The van der Waals surface area contributed by atoms with Crippen LogP contribution in [0.4, 0.5) is 10.5 Å². The molecule has 21 heavy (non-hydrogen) atoms. The Kier molecular flexibility index (Phi) is 6.48. The molecule has 1 aromatic rings. The molecule has 0 saturated carbocycles. The van der Waals surface area contributed by atoms with E-state index < -0.39 is 18.0 Å². The van der Waals surface area contributed by atoms with Gasteiger partial charge in [0.1, 0.15) is 6.04 Å². The molecule has 1 rings (SSSR count). The van der Waals surface area contributed by atoms with Crippen LogP contribution >= 0.6 is 27.5 Å². The predicted molar refractivity (Wildman–Crippen MR) is 86.9 cm³/mol. The van der Waals surface area contributed by atoms with E-state index in [1.807, 2.05) is 20.8 Å². The number of hydrogen-bond acceptors (Lipinski definition) is 2. The molecule has 0 heterocycles. The number of halogens is 2. The minimum atomic E-state index is -1.06. The summed E-state index contributed by atoms with van der Waals surface area (Å²) in [5.74, 6) is -0.896. The van der Waals surface area contributed by atoms with Crippen molar-refractivity contribution in [3.63, 3.8) is 0 Å². The van der Waals surface area contributed by atoms with Crippen molar-refractivity contribution in [1.82, 2.24) is 5.32 Å². The van der Waals surface area contributed by atoms with Crippen molar-refractivity contribution in [2.45, 2.75) is 33.2 Å². The molecule has 0 aliphatic rings. The molecule has 1 unspecified atom stereocenters. The molecule has 1 atom stereocenters. The number of urea groups is 1. The second kappa shape index (κ2) is 7.66. The van der Waals surface area contributed by atoms with Gasteiger partial charge < -0.3 is 15.7 Å². The lowest BCUT2D eigenvalue weighted by atomic mass is 10.0. The highest BCUT2D eigenvalue weighted by molar-refractivity contribution is 9.10. The van der Waals surface area contributed by atoms with Crippen molar-refractivity contribution in [2.24, 2.45) is 5.92 Å². The smallest absolute Gasteiger partial charge is 0.326 e. The van der Waals surface area contributed by atoms with E-state index in [1.54, 1.807) is 12.1 Å². The highest BCUT2D eigenvalue weighted by Gasteiger charge is 2.21. The van der Waals surface area contributed by atoms with E-state index in [2.05, 4.69) is 26.6 Å². The van der Waals surface area contributed by atoms with Gasteiger partial charge in [0.25, 0.3) is 0 Å². The van der Waals surface area contributed by atoms with E-state index in [4.69, 9.17) is 16.7 Å². The van der Waals surface area contributed by atoms with Gasteiger partial charge in [-0.1, -0.05) is 25.4 Å². The van der Waals surface area contributed by atoms with Crippen LogP contribution in [0.15, 0.2) is 16.6 Å². The summed E-state index contributed by atoms with van der Waals surface area (Å²) in [7, 11) is 0. The molecule has 0 aromatic heterocycles. The molecule has 1 aromatic carbocycles. The maximum atomic E-state index is 11.9. The van der Waals surface area contributed by atoms with Gasteiger partial charge in [0.2, 0.25) is 0 Å². The molecule has 2 amide bonds. The summed E-state index contributed by atoms with van der Waals surface area (Å²) in [5.41, 5.74) is 1.36. The predicted octanol–water partition coefficient (Wildman–Crippen LogP) is 4.03. The quantitative estimate of drug-likeness (QED) is 0.725. The van der Waals surface area contributed by atoms with Gasteiger partial charge in [0, 0.05) is 9.50 Å². The Labute approximate surface area is 137 Å². The number of benzene rings is 1. The number of amides is 2. The lowest BCUT2D eigenvalue weighted by Crippen LogP contribution is -2.43. The van der Waals surface area contributed by atoms with Crippen LogP contribution in [-0.2, 0) is 4.79 Å². The van der Waals surface area contributed by atoms with Crippen molar-refractivity contribution >= 4 is 45.2 Å². The monoisotopic (exact) mass is 376 g/mol. The van der Waals surface area contributed by atoms with Crippen LogP contribution in [0.2, 0.25) is 5.02 Å². The average molecular weight is 378 g/mol. The van der Waals surface area contributed by atoms with Gasteiger partial charge in [0.15, 0.2) is 0 Å². The fourth-order valence-electron chi connectivity index (χ4n) is 1.75. The third-order valence-corrected chi connectivity index (χ3v) is 3.87. The van der Waals surface area contributed by atoms with Gasteiger partial charge in [-0.3, -0.25) is 0 Å². The summed E-state index contributed by atoms with van der Waals surface area (Å²) < 4.78 is 0.676. The Balaban J connectivity index is 2.77. The van der Waals surface area contributed by atoms with Crippen molar-refractivity contribution < 1.29 is 14.7 Å². The first-order valence-electron chi connectivity index (χ1n) is 6.46. The van der Waals surface area contributed by atoms with Gasteiger partial charge in [0.05, 0.1) is 5.69 Å². The molecule has 0 aliphatic carbocycles. The standard InChI is InChI=1S/C14H18BrClN2O3/c1-7(2)4-12(13(19)20)18-14(21)17-11-6-10(16)8(3)5-9(11)15/h5-7,12H,4H2,1-3H3,(H,19,20)(H2,17,18,21). The molecule has 0 spiro atoms. The van der Waals surface area contributed by atoms with Crippen molar-refractivity contribution in [1.29, 1.82) is 0 Å². The molecule has 0 fully saturated rings. The van der Waals surface area contributed by atoms with Gasteiger partial charge in [-0.05, 0) is 52.9 Å². The molecule has 0 saturated heterocycles. The Hall–Kier alpha value is -1.27. The summed E-state index contributed by atoms with van der Waals surface area (Å²) in [5, 5.41) is 14.7. The number of carbonyl (C=O) groups is 2. The number of rotatable bonds is 5. The summed E-state index contributed by atoms with van der Waals surface area (Å²) in [6.45, 7) is 5.64. The van der Waals surface area contributed by atoms with Crippen LogP contribution in [0, 0.1) is 12.8 Å². The zero-order valence-corrected chi connectivity index (χ0v) is 14.4. The summed E-state index contributed by atoms with van der Waals surface area (Å²) in [4.78, 5) is 23.0. The van der Waals surface area contributed by atoms with Crippen LogP contribution in [-0.4, -0.2) is 23.1 Å². The zero-order chi connectivity index (χ0) is 16.2. The van der Waals surface area contributed by atoms with Crippen molar-refractivity contribution in [2.75, 3.05) is 5.32 Å². The Morgan fingerprint density at radius 1 is 1.38 bits per heavy atom. The van der Waals surface area contributed by atoms with E-state index >= 15 is 0 Å². The number of nitrogens with one attached hydrogen (secondary N) is 2. The molecule has 7 heteroatoms. The number of anilines is 1. The minimum Gasteiger partial charge on any atom is -0.480 e. The molecule has 3 N–H and O–H groups in total. The van der Waals surface area contributed by atoms with Crippen molar-refractivity contribution in [3.8, 4) is 0 Å². The maximum absolute atomic E-state index is 11.9. The van der Waals surface area contributed by atoms with Crippen LogP contribution in [0.3, 0.4) is 0 Å². The van der Waals surface area contributed by atoms with E-state index in [9.17, 15) is 9.59 Å². The fraction of sp³-hybridized carbons (Fsp3) is 0.429. The number of aliphatic carboxylic acids is 1. The largest absolute Gasteiger partial charge is 0.480 e. The summed E-state index contributed by atoms with van der Waals surface area (Å²) in [6, 6.07) is 1.88. The Morgan fingerprint density at radius 3 is 2.52 bits per heavy atom. The van der Waals surface area contributed by atoms with Crippen LogP contribution in [0.25, 0.3) is 0 Å². The lowest BCUT2D eigenvalue weighted by molar-refractivity contribution is -0.139. The first kappa shape index (κ1) is 17.8. The number of hydrogen-bond donors (Lipinski definition) is 3. The van der Waals surface area contributed by atoms with E-state index in [0.717, 1.165) is 5.56 Å². The highest BCUT2D eigenvalue weighted by Crippen LogP contribution is 2.29. The average Bonchev–Trinajstić information content (AvgIpc) is 2.34. The van der Waals surface area contributed by atoms with E-state index in [-0.39, 0.29) is 5.92 Å². The second-order valence-electron chi connectivity index (χ2n) is 5.20. The normalized spacial score (nSPS) is 12.1. The van der Waals surface area contributed by atoms with Gasteiger partial charge in [-0.15, -0.1) is 0 Å². The highest BCUT2D eigenvalue weighted by atomic mass is 79.9. The molecule has 5 nitrogen and oxygen atoms in total. The first-order chi connectivity index (χ1) is 9.70. The maximum Gasteiger partial charge on any atom is 0.326 e. The van der Waals surface area contributed by atoms with Gasteiger partial charge >= 0.3 is 12.0 Å². The topological polar surface area (TPSA) is 78.4 Å². The van der Waals surface area contributed by atoms with Crippen LogP contribution in [0.5, 0.6) is 0 Å². The summed E-state index contributed by atoms with van der Waals surface area (Å²) in [6.07, 6.45) is 0.360. The second-order valence-corrected chi connectivity index (χ2v) is 6.46. The molecule has 0 bridgehead atoms. The third kappa shape index (κ3) is 5.55. The molecule has 0 radical (unpaired) electrons. The zero-order valence-electron chi connectivity index (χ0n) is 12.0. The van der Waals surface area contributed by atoms with Gasteiger partial charge in [-0.2, -0.15) is 0 Å². The molecular weight excluding hydrogens is 360 g/mol. The summed E-state index contributed by atoms with van der Waals surface area (Å²) >= 11 is 9.34. The third-order valence-electron chi connectivity index (χ3n) is 2.81.